The number of hydrogen-bond acceptors (Lipinski definition) is 1. The zero-order valence-electron chi connectivity index (χ0n) is 6.73. The summed E-state index contributed by atoms with van der Waals surface area (Å²) < 4.78 is 36.6. The lowest BCUT2D eigenvalue weighted by molar-refractivity contribution is -0.138. The summed E-state index contributed by atoms with van der Waals surface area (Å²) in [6.07, 6.45) is -3.99. The predicted octanol–water partition coefficient (Wildman–Crippen LogP) is 3.04. The maximum atomic E-state index is 12.2. The Bertz CT molecular complexity index is 351. The summed E-state index contributed by atoms with van der Waals surface area (Å²) in [7, 11) is 0. The van der Waals surface area contributed by atoms with Gasteiger partial charge in [-0.1, -0.05) is 15.9 Å². The summed E-state index contributed by atoms with van der Waals surface area (Å²) >= 11 is 2.78. The van der Waals surface area contributed by atoms with Crippen LogP contribution < -0.4 is 5.32 Å². The number of amides is 1. The van der Waals surface area contributed by atoms with E-state index < -0.39 is 11.7 Å². The number of alkyl halides is 3. The van der Waals surface area contributed by atoms with E-state index in [4.69, 9.17) is 0 Å². The van der Waals surface area contributed by atoms with E-state index in [0.29, 0.717) is 12.1 Å². The first-order chi connectivity index (χ1) is 6.45. The molecule has 0 heterocycles. The zero-order chi connectivity index (χ0) is 10.8. The highest BCUT2D eigenvalue weighted by molar-refractivity contribution is 9.10. The molecule has 1 aromatic rings. The van der Waals surface area contributed by atoms with Gasteiger partial charge in [0.05, 0.1) is 5.56 Å². The lowest BCUT2D eigenvalue weighted by atomic mass is 10.2. The van der Waals surface area contributed by atoms with Gasteiger partial charge < -0.3 is 5.32 Å². The lowest BCUT2D eigenvalue weighted by Gasteiger charge is -2.09. The Morgan fingerprint density at radius 2 is 2.00 bits per heavy atom. The number of halogens is 4. The van der Waals surface area contributed by atoms with Gasteiger partial charge in [0.25, 0.3) is 0 Å². The van der Waals surface area contributed by atoms with Crippen molar-refractivity contribution in [2.24, 2.45) is 0 Å². The molecule has 0 aromatic heterocycles. The van der Waals surface area contributed by atoms with Crippen LogP contribution >= 0.6 is 15.9 Å². The molecule has 1 rings (SSSR count). The highest BCUT2D eigenvalue weighted by Crippen LogP contribution is 2.35. The molecule has 0 atom stereocenters. The Morgan fingerprint density at radius 1 is 1.36 bits per heavy atom. The first-order valence-corrected chi connectivity index (χ1v) is 4.31. The van der Waals surface area contributed by atoms with E-state index in [1.54, 1.807) is 0 Å². The number of nitrogens with one attached hydrogen (secondary N) is 1. The molecule has 0 radical (unpaired) electrons. The Morgan fingerprint density at radius 3 is 2.43 bits per heavy atom. The molecule has 76 valence electrons. The minimum Gasteiger partial charge on any atom is -0.329 e. The van der Waals surface area contributed by atoms with Crippen molar-refractivity contribution in [2.75, 3.05) is 5.32 Å². The standard InChI is InChI=1S/C8H5BrF3NO/c9-7-3-5(13-4-14)1-2-6(7)8(10,11)12/h1-4H,(H,13,14). The molecule has 0 aliphatic heterocycles. The van der Waals surface area contributed by atoms with Crippen molar-refractivity contribution >= 4 is 28.0 Å². The van der Waals surface area contributed by atoms with Crippen LogP contribution in [0.5, 0.6) is 0 Å². The molecule has 0 unspecified atom stereocenters. The Kier molecular flexibility index (Phi) is 3.15. The fraction of sp³-hybridized carbons (Fsp3) is 0.125. The number of carbonyl (C=O) groups excluding carboxylic acids is 1. The molecule has 0 saturated carbocycles. The van der Waals surface area contributed by atoms with Crippen LogP contribution in [-0.4, -0.2) is 6.41 Å². The largest absolute Gasteiger partial charge is 0.417 e. The van der Waals surface area contributed by atoms with Gasteiger partial charge >= 0.3 is 6.18 Å². The molecule has 14 heavy (non-hydrogen) atoms. The van der Waals surface area contributed by atoms with Crippen LogP contribution in [0, 0.1) is 0 Å². The van der Waals surface area contributed by atoms with Gasteiger partial charge in [-0.05, 0) is 18.2 Å². The Balaban J connectivity index is 3.07. The van der Waals surface area contributed by atoms with Crippen molar-refractivity contribution < 1.29 is 18.0 Å². The first kappa shape index (κ1) is 11.0. The van der Waals surface area contributed by atoms with Gasteiger partial charge in [0.15, 0.2) is 0 Å². The number of rotatable bonds is 2. The molecule has 6 heteroatoms. The van der Waals surface area contributed by atoms with E-state index >= 15 is 0 Å². The predicted molar refractivity (Wildman–Crippen MR) is 48.8 cm³/mol. The molecular weight excluding hydrogens is 263 g/mol. The van der Waals surface area contributed by atoms with Crippen LogP contribution in [0.4, 0.5) is 18.9 Å². The number of hydrogen-bond donors (Lipinski definition) is 1. The molecule has 0 aliphatic rings. The molecule has 0 fully saturated rings. The van der Waals surface area contributed by atoms with E-state index in [1.807, 2.05) is 0 Å². The van der Waals surface area contributed by atoms with Crippen LogP contribution in [-0.2, 0) is 11.0 Å². The van der Waals surface area contributed by atoms with Gasteiger partial charge in [-0.2, -0.15) is 13.2 Å². The average Bonchev–Trinajstić information content (AvgIpc) is 2.02. The second kappa shape index (κ2) is 4.00. The van der Waals surface area contributed by atoms with Crippen molar-refractivity contribution in [3.05, 3.63) is 28.2 Å². The SMILES string of the molecule is O=CNc1ccc(C(F)(F)F)c(Br)c1. The average molecular weight is 268 g/mol. The summed E-state index contributed by atoms with van der Waals surface area (Å²) in [6, 6.07) is 3.27. The fourth-order valence-electron chi connectivity index (χ4n) is 0.903. The maximum absolute atomic E-state index is 12.2. The first-order valence-electron chi connectivity index (χ1n) is 3.52. The van der Waals surface area contributed by atoms with E-state index in [-0.39, 0.29) is 4.47 Å². The minimum absolute atomic E-state index is 0.100. The van der Waals surface area contributed by atoms with Crippen molar-refractivity contribution in [2.45, 2.75) is 6.18 Å². The van der Waals surface area contributed by atoms with Gasteiger partial charge in [-0.3, -0.25) is 4.79 Å². The van der Waals surface area contributed by atoms with Crippen molar-refractivity contribution in [1.29, 1.82) is 0 Å². The maximum Gasteiger partial charge on any atom is 0.417 e. The molecule has 2 nitrogen and oxygen atoms in total. The number of anilines is 1. The molecular formula is C8H5BrF3NO. The van der Waals surface area contributed by atoms with Gasteiger partial charge in [0.1, 0.15) is 0 Å². The number of benzene rings is 1. The molecule has 1 amide bonds. The summed E-state index contributed by atoms with van der Waals surface area (Å²) in [4.78, 5) is 10.0. The smallest absolute Gasteiger partial charge is 0.329 e. The normalized spacial score (nSPS) is 11.1. The van der Waals surface area contributed by atoms with Crippen LogP contribution in [0.25, 0.3) is 0 Å². The summed E-state index contributed by atoms with van der Waals surface area (Å²) in [5, 5.41) is 2.25. The molecule has 0 aliphatic carbocycles. The third-order valence-electron chi connectivity index (χ3n) is 1.50. The topological polar surface area (TPSA) is 29.1 Å². The van der Waals surface area contributed by atoms with Gasteiger partial charge in [0.2, 0.25) is 6.41 Å². The third-order valence-corrected chi connectivity index (χ3v) is 2.16. The minimum atomic E-state index is -4.39. The third kappa shape index (κ3) is 2.47. The van der Waals surface area contributed by atoms with Crippen molar-refractivity contribution in [3.8, 4) is 0 Å². The van der Waals surface area contributed by atoms with E-state index in [0.717, 1.165) is 6.07 Å². The van der Waals surface area contributed by atoms with Crippen molar-refractivity contribution in [3.63, 3.8) is 0 Å². The van der Waals surface area contributed by atoms with Crippen LogP contribution in [0.2, 0.25) is 0 Å². The molecule has 1 N–H and O–H groups in total. The van der Waals surface area contributed by atoms with Crippen molar-refractivity contribution in [1.82, 2.24) is 0 Å². The molecule has 0 saturated heterocycles. The highest BCUT2D eigenvalue weighted by atomic mass is 79.9. The Labute approximate surface area is 86.2 Å². The zero-order valence-corrected chi connectivity index (χ0v) is 8.32. The van der Waals surface area contributed by atoms with Gasteiger partial charge in [-0.15, -0.1) is 0 Å². The molecule has 0 bridgehead atoms. The second-order valence-corrected chi connectivity index (χ2v) is 3.31. The van der Waals surface area contributed by atoms with E-state index in [2.05, 4.69) is 21.2 Å². The van der Waals surface area contributed by atoms with E-state index in [1.165, 1.54) is 12.1 Å². The quantitative estimate of drug-likeness (QED) is 0.820. The molecule has 0 spiro atoms. The van der Waals surface area contributed by atoms with Gasteiger partial charge in [0, 0.05) is 10.2 Å². The van der Waals surface area contributed by atoms with Crippen LogP contribution in [0.15, 0.2) is 22.7 Å². The number of carbonyl (C=O) groups is 1. The van der Waals surface area contributed by atoms with Gasteiger partial charge in [-0.25, -0.2) is 0 Å². The fourth-order valence-corrected chi connectivity index (χ4v) is 1.51. The highest BCUT2D eigenvalue weighted by Gasteiger charge is 2.32. The molecule has 1 aromatic carbocycles. The van der Waals surface area contributed by atoms with Crippen LogP contribution in [0.3, 0.4) is 0 Å². The second-order valence-electron chi connectivity index (χ2n) is 2.45. The Hall–Kier alpha value is -1.04. The van der Waals surface area contributed by atoms with Crippen LogP contribution in [0.1, 0.15) is 5.56 Å². The lowest BCUT2D eigenvalue weighted by Crippen LogP contribution is -2.06. The monoisotopic (exact) mass is 267 g/mol. The summed E-state index contributed by atoms with van der Waals surface area (Å²) in [5.74, 6) is 0. The summed E-state index contributed by atoms with van der Waals surface area (Å²) in [5.41, 5.74) is -0.464. The van der Waals surface area contributed by atoms with E-state index in [9.17, 15) is 18.0 Å². The summed E-state index contributed by atoms with van der Waals surface area (Å²) in [6.45, 7) is 0.